The summed E-state index contributed by atoms with van der Waals surface area (Å²) >= 11 is 0. The highest BCUT2D eigenvalue weighted by molar-refractivity contribution is 5.76. The van der Waals surface area contributed by atoms with Crippen LogP contribution >= 0.6 is 0 Å². The van der Waals surface area contributed by atoms with Gasteiger partial charge in [0.15, 0.2) is 0 Å². The summed E-state index contributed by atoms with van der Waals surface area (Å²) in [5.74, 6) is 1.64. The van der Waals surface area contributed by atoms with Crippen LogP contribution in [0.25, 0.3) is 0 Å². The maximum atomic E-state index is 12.1. The molecule has 0 radical (unpaired) electrons. The molecule has 2 heterocycles. The zero-order chi connectivity index (χ0) is 13.8. The van der Waals surface area contributed by atoms with Crippen LogP contribution in [0.5, 0.6) is 0 Å². The van der Waals surface area contributed by atoms with Crippen molar-refractivity contribution in [3.05, 3.63) is 0 Å². The van der Waals surface area contributed by atoms with Crippen LogP contribution in [0.1, 0.15) is 44.9 Å². The highest BCUT2D eigenvalue weighted by atomic mass is 16.5. The third-order valence-electron chi connectivity index (χ3n) is 5.07. The van der Waals surface area contributed by atoms with Crippen LogP contribution in [0, 0.1) is 11.8 Å². The van der Waals surface area contributed by atoms with Crippen LogP contribution in [0.15, 0.2) is 0 Å². The summed E-state index contributed by atoms with van der Waals surface area (Å²) in [7, 11) is 0. The van der Waals surface area contributed by atoms with Gasteiger partial charge in [-0.1, -0.05) is 6.42 Å². The van der Waals surface area contributed by atoms with Crippen molar-refractivity contribution in [3.63, 3.8) is 0 Å². The lowest BCUT2D eigenvalue weighted by molar-refractivity contribution is -0.135. The van der Waals surface area contributed by atoms with Gasteiger partial charge in [0, 0.05) is 32.0 Å². The molecule has 1 aliphatic carbocycles. The SMILES string of the molecule is O=C(CC1CCC1)N1CCC(OCC2CCOC2)CC1. The Labute approximate surface area is 121 Å². The van der Waals surface area contributed by atoms with E-state index < -0.39 is 0 Å². The first-order valence-corrected chi connectivity index (χ1v) is 8.28. The Morgan fingerprint density at radius 1 is 1.10 bits per heavy atom. The number of hydrogen-bond donors (Lipinski definition) is 0. The van der Waals surface area contributed by atoms with E-state index in [-0.39, 0.29) is 0 Å². The van der Waals surface area contributed by atoms with E-state index in [0.29, 0.717) is 23.8 Å². The van der Waals surface area contributed by atoms with Crippen LogP contribution in [0.3, 0.4) is 0 Å². The summed E-state index contributed by atoms with van der Waals surface area (Å²) in [5.41, 5.74) is 0. The second kappa shape index (κ2) is 6.90. The molecule has 1 amide bonds. The first kappa shape index (κ1) is 14.3. The van der Waals surface area contributed by atoms with Gasteiger partial charge in [-0.25, -0.2) is 0 Å². The molecule has 4 nitrogen and oxygen atoms in total. The molecule has 2 saturated heterocycles. The van der Waals surface area contributed by atoms with Gasteiger partial charge in [0.25, 0.3) is 0 Å². The minimum absolute atomic E-state index is 0.350. The molecule has 4 heteroatoms. The third kappa shape index (κ3) is 3.73. The van der Waals surface area contributed by atoms with E-state index >= 15 is 0 Å². The molecular formula is C16H27NO3. The maximum Gasteiger partial charge on any atom is 0.222 e. The lowest BCUT2D eigenvalue weighted by atomic mass is 9.82. The number of piperidine rings is 1. The highest BCUT2D eigenvalue weighted by Crippen LogP contribution is 2.30. The van der Waals surface area contributed by atoms with Gasteiger partial charge >= 0.3 is 0 Å². The lowest BCUT2D eigenvalue weighted by Crippen LogP contribution is -2.42. The minimum Gasteiger partial charge on any atom is -0.381 e. The molecule has 0 bridgehead atoms. The van der Waals surface area contributed by atoms with E-state index in [4.69, 9.17) is 9.47 Å². The number of carbonyl (C=O) groups excluding carboxylic acids is 1. The van der Waals surface area contributed by atoms with Crippen molar-refractivity contribution in [2.45, 2.75) is 51.0 Å². The first-order valence-electron chi connectivity index (χ1n) is 8.28. The average Bonchev–Trinajstić information content (AvgIpc) is 2.94. The molecular weight excluding hydrogens is 254 g/mol. The predicted octanol–water partition coefficient (Wildman–Crippen LogP) is 2.22. The number of nitrogens with zero attached hydrogens (tertiary/aromatic N) is 1. The molecule has 0 aromatic heterocycles. The smallest absolute Gasteiger partial charge is 0.222 e. The standard InChI is InChI=1S/C16H27NO3/c18-16(10-13-2-1-3-13)17-7-4-15(5-8-17)20-12-14-6-9-19-11-14/h13-15H,1-12H2. The van der Waals surface area contributed by atoms with Crippen molar-refractivity contribution in [3.8, 4) is 0 Å². The number of amides is 1. The topological polar surface area (TPSA) is 38.8 Å². The molecule has 114 valence electrons. The molecule has 0 aromatic carbocycles. The van der Waals surface area contributed by atoms with Crippen molar-refractivity contribution in [1.82, 2.24) is 4.90 Å². The largest absolute Gasteiger partial charge is 0.381 e. The zero-order valence-corrected chi connectivity index (χ0v) is 12.4. The number of rotatable bonds is 5. The van der Waals surface area contributed by atoms with Gasteiger partial charge in [-0.15, -0.1) is 0 Å². The van der Waals surface area contributed by atoms with Crippen LogP contribution in [-0.4, -0.2) is 49.8 Å². The van der Waals surface area contributed by atoms with Gasteiger partial charge in [0.2, 0.25) is 5.91 Å². The zero-order valence-electron chi connectivity index (χ0n) is 12.4. The summed E-state index contributed by atoms with van der Waals surface area (Å²) in [5, 5.41) is 0. The summed E-state index contributed by atoms with van der Waals surface area (Å²) in [6.45, 7) is 4.36. The second-order valence-corrected chi connectivity index (χ2v) is 6.64. The van der Waals surface area contributed by atoms with Gasteiger partial charge in [-0.2, -0.15) is 0 Å². The highest BCUT2D eigenvalue weighted by Gasteiger charge is 2.27. The molecule has 1 atom stereocenters. The fourth-order valence-electron chi connectivity index (χ4n) is 3.33. The van der Waals surface area contributed by atoms with Gasteiger partial charge in [0.1, 0.15) is 0 Å². The monoisotopic (exact) mass is 281 g/mol. The Morgan fingerprint density at radius 2 is 1.90 bits per heavy atom. The predicted molar refractivity (Wildman–Crippen MR) is 76.4 cm³/mol. The van der Waals surface area contributed by atoms with Crippen molar-refractivity contribution in [2.75, 3.05) is 32.9 Å². The number of carbonyl (C=O) groups is 1. The summed E-state index contributed by atoms with van der Waals surface area (Å²) < 4.78 is 11.4. The van der Waals surface area contributed by atoms with Gasteiger partial charge in [0.05, 0.1) is 19.3 Å². The fourth-order valence-corrected chi connectivity index (χ4v) is 3.33. The molecule has 0 spiro atoms. The van der Waals surface area contributed by atoms with E-state index in [0.717, 1.165) is 58.6 Å². The average molecular weight is 281 g/mol. The Bertz CT molecular complexity index is 316. The van der Waals surface area contributed by atoms with Crippen LogP contribution in [0.4, 0.5) is 0 Å². The molecule has 1 unspecified atom stereocenters. The van der Waals surface area contributed by atoms with Crippen molar-refractivity contribution in [2.24, 2.45) is 11.8 Å². The number of likely N-dealkylation sites (tertiary alicyclic amines) is 1. The molecule has 0 aromatic rings. The normalized spacial score (nSPS) is 28.6. The first-order chi connectivity index (χ1) is 9.81. The number of hydrogen-bond acceptors (Lipinski definition) is 3. The van der Waals surface area contributed by atoms with Crippen LogP contribution in [-0.2, 0) is 14.3 Å². The molecule has 3 aliphatic rings. The van der Waals surface area contributed by atoms with Crippen molar-refractivity contribution < 1.29 is 14.3 Å². The molecule has 1 saturated carbocycles. The van der Waals surface area contributed by atoms with Gasteiger partial charge in [-0.3, -0.25) is 4.79 Å². The van der Waals surface area contributed by atoms with Crippen LogP contribution < -0.4 is 0 Å². The summed E-state index contributed by atoms with van der Waals surface area (Å²) in [6.07, 6.45) is 8.11. The molecule has 3 fully saturated rings. The quantitative estimate of drug-likeness (QED) is 0.775. The van der Waals surface area contributed by atoms with E-state index in [1.165, 1.54) is 19.3 Å². The Balaban J connectivity index is 1.32. The van der Waals surface area contributed by atoms with Crippen LogP contribution in [0.2, 0.25) is 0 Å². The summed E-state index contributed by atoms with van der Waals surface area (Å²) in [4.78, 5) is 14.2. The summed E-state index contributed by atoms with van der Waals surface area (Å²) in [6, 6.07) is 0. The Morgan fingerprint density at radius 3 is 2.50 bits per heavy atom. The Hall–Kier alpha value is -0.610. The molecule has 3 rings (SSSR count). The van der Waals surface area contributed by atoms with Crippen molar-refractivity contribution >= 4 is 5.91 Å². The molecule has 2 aliphatic heterocycles. The third-order valence-corrected chi connectivity index (χ3v) is 5.07. The second-order valence-electron chi connectivity index (χ2n) is 6.64. The number of ether oxygens (including phenoxy) is 2. The van der Waals surface area contributed by atoms with Gasteiger partial charge in [-0.05, 0) is 38.0 Å². The van der Waals surface area contributed by atoms with E-state index in [1.807, 2.05) is 0 Å². The fraction of sp³-hybridized carbons (Fsp3) is 0.938. The van der Waals surface area contributed by atoms with E-state index in [9.17, 15) is 4.79 Å². The maximum absolute atomic E-state index is 12.1. The van der Waals surface area contributed by atoms with E-state index in [1.54, 1.807) is 0 Å². The van der Waals surface area contributed by atoms with Gasteiger partial charge < -0.3 is 14.4 Å². The van der Waals surface area contributed by atoms with E-state index in [2.05, 4.69) is 4.90 Å². The minimum atomic E-state index is 0.350. The lowest BCUT2D eigenvalue weighted by Gasteiger charge is -2.34. The Kier molecular flexibility index (Phi) is 4.94. The molecule has 20 heavy (non-hydrogen) atoms. The molecule has 0 N–H and O–H groups in total. The van der Waals surface area contributed by atoms with Crippen molar-refractivity contribution in [1.29, 1.82) is 0 Å².